The van der Waals surface area contributed by atoms with Crippen LogP contribution >= 0.6 is 0 Å². The highest BCUT2D eigenvalue weighted by atomic mass is 16.6. The first kappa shape index (κ1) is 18.7. The van der Waals surface area contributed by atoms with Crippen LogP contribution in [0.5, 0.6) is 0 Å². The van der Waals surface area contributed by atoms with Crippen LogP contribution in [0.25, 0.3) is 0 Å². The number of ether oxygens (including phenoxy) is 1. The molecule has 0 spiro atoms. The predicted molar refractivity (Wildman–Crippen MR) is 93.8 cm³/mol. The van der Waals surface area contributed by atoms with E-state index in [9.17, 15) is 0 Å². The monoisotopic (exact) mass is 294 g/mol. The lowest BCUT2D eigenvalue weighted by molar-refractivity contribution is 0.387. The molecule has 1 aliphatic rings. The van der Waals surface area contributed by atoms with Gasteiger partial charge in [0, 0.05) is 0 Å². The summed E-state index contributed by atoms with van der Waals surface area (Å²) in [5.41, 5.74) is 0. The molecule has 1 aliphatic heterocycles. The first-order chi connectivity index (χ1) is 10.4. The minimum atomic E-state index is 0.641. The van der Waals surface area contributed by atoms with E-state index in [2.05, 4.69) is 19.1 Å². The van der Waals surface area contributed by atoms with Crippen LogP contribution in [0, 0.1) is 0 Å². The summed E-state index contributed by atoms with van der Waals surface area (Å²) in [6.07, 6.45) is 26.3. The van der Waals surface area contributed by atoms with E-state index in [0.29, 0.717) is 6.10 Å². The first-order valence-electron chi connectivity index (χ1n) is 9.70. The zero-order valence-corrected chi connectivity index (χ0v) is 14.5. The SMILES string of the molecule is CCCCCCCC/C=C\CCCCCCCCC1CO1. The number of unbranched alkanes of at least 4 members (excludes halogenated alkanes) is 12. The Labute approximate surface area is 133 Å². The molecule has 0 bridgehead atoms. The standard InChI is InChI=1S/C20H38O/c1-2-3-4-5-6-7-8-9-10-11-12-13-14-15-16-17-18-20-19-21-20/h9-10,20H,2-8,11-19H2,1H3/b10-9-. The van der Waals surface area contributed by atoms with Gasteiger partial charge in [0.1, 0.15) is 0 Å². The lowest BCUT2D eigenvalue weighted by Gasteiger charge is -2.00. The van der Waals surface area contributed by atoms with Crippen molar-refractivity contribution in [3.05, 3.63) is 12.2 Å². The van der Waals surface area contributed by atoms with Crippen LogP contribution in [0.2, 0.25) is 0 Å². The van der Waals surface area contributed by atoms with Gasteiger partial charge in [-0.1, -0.05) is 83.3 Å². The van der Waals surface area contributed by atoms with Crippen LogP contribution in [0.15, 0.2) is 12.2 Å². The van der Waals surface area contributed by atoms with Gasteiger partial charge in [-0.2, -0.15) is 0 Å². The van der Waals surface area contributed by atoms with Crippen LogP contribution in [0.3, 0.4) is 0 Å². The molecule has 0 amide bonds. The Morgan fingerprint density at radius 3 is 1.71 bits per heavy atom. The normalized spacial score (nSPS) is 17.7. The Hall–Kier alpha value is -0.300. The number of hydrogen-bond acceptors (Lipinski definition) is 1. The maximum absolute atomic E-state index is 5.23. The van der Waals surface area contributed by atoms with Crippen LogP contribution < -0.4 is 0 Å². The van der Waals surface area contributed by atoms with E-state index in [4.69, 9.17) is 4.74 Å². The molecule has 0 aromatic carbocycles. The van der Waals surface area contributed by atoms with Crippen molar-refractivity contribution < 1.29 is 4.74 Å². The summed E-state index contributed by atoms with van der Waals surface area (Å²) in [6.45, 7) is 3.32. The van der Waals surface area contributed by atoms with Gasteiger partial charge in [-0.25, -0.2) is 0 Å². The van der Waals surface area contributed by atoms with Crippen molar-refractivity contribution in [3.63, 3.8) is 0 Å². The molecular weight excluding hydrogens is 256 g/mol. The number of hydrogen-bond donors (Lipinski definition) is 0. The molecular formula is C20H38O. The summed E-state index contributed by atoms with van der Waals surface area (Å²) in [4.78, 5) is 0. The highest BCUT2D eigenvalue weighted by molar-refractivity contribution is 4.81. The fourth-order valence-electron chi connectivity index (χ4n) is 2.85. The summed E-state index contributed by atoms with van der Waals surface area (Å²) >= 11 is 0. The Morgan fingerprint density at radius 2 is 1.19 bits per heavy atom. The number of rotatable bonds is 16. The van der Waals surface area contributed by atoms with E-state index in [-0.39, 0.29) is 0 Å². The van der Waals surface area contributed by atoms with Crippen LogP contribution in [-0.2, 0) is 4.74 Å². The Kier molecular flexibility index (Phi) is 13.1. The Balaban J connectivity index is 1.66. The lowest BCUT2D eigenvalue weighted by atomic mass is 10.1. The molecule has 0 N–H and O–H groups in total. The molecule has 0 radical (unpaired) electrons. The van der Waals surface area contributed by atoms with Gasteiger partial charge in [-0.05, 0) is 32.1 Å². The average Bonchev–Trinajstić information content (AvgIpc) is 3.31. The Morgan fingerprint density at radius 1 is 0.714 bits per heavy atom. The minimum Gasteiger partial charge on any atom is -0.373 e. The van der Waals surface area contributed by atoms with E-state index in [1.54, 1.807) is 0 Å². The molecule has 1 atom stereocenters. The fraction of sp³-hybridized carbons (Fsp3) is 0.900. The molecule has 1 fully saturated rings. The molecule has 0 aromatic heterocycles. The zero-order valence-electron chi connectivity index (χ0n) is 14.5. The topological polar surface area (TPSA) is 12.5 Å². The summed E-state index contributed by atoms with van der Waals surface area (Å²) in [6, 6.07) is 0. The van der Waals surface area contributed by atoms with Gasteiger partial charge in [-0.3, -0.25) is 0 Å². The van der Waals surface area contributed by atoms with Crippen molar-refractivity contribution in [3.8, 4) is 0 Å². The molecule has 0 aliphatic carbocycles. The molecule has 0 aromatic rings. The lowest BCUT2D eigenvalue weighted by Crippen LogP contribution is -1.85. The van der Waals surface area contributed by atoms with Crippen molar-refractivity contribution in [2.45, 2.75) is 109 Å². The molecule has 1 heteroatoms. The molecule has 1 rings (SSSR count). The zero-order chi connectivity index (χ0) is 15.0. The van der Waals surface area contributed by atoms with Gasteiger partial charge >= 0.3 is 0 Å². The Bertz CT molecular complexity index is 230. The van der Waals surface area contributed by atoms with E-state index >= 15 is 0 Å². The van der Waals surface area contributed by atoms with Crippen molar-refractivity contribution in [2.24, 2.45) is 0 Å². The largest absolute Gasteiger partial charge is 0.373 e. The van der Waals surface area contributed by atoms with Gasteiger partial charge in [0.15, 0.2) is 0 Å². The van der Waals surface area contributed by atoms with Crippen molar-refractivity contribution in [2.75, 3.05) is 6.61 Å². The third-order valence-corrected chi connectivity index (χ3v) is 4.44. The van der Waals surface area contributed by atoms with Gasteiger partial charge in [-0.15, -0.1) is 0 Å². The molecule has 21 heavy (non-hydrogen) atoms. The van der Waals surface area contributed by atoms with E-state index < -0.39 is 0 Å². The number of epoxide rings is 1. The van der Waals surface area contributed by atoms with Gasteiger partial charge in [0.25, 0.3) is 0 Å². The van der Waals surface area contributed by atoms with Gasteiger partial charge < -0.3 is 4.74 Å². The highest BCUT2D eigenvalue weighted by Crippen LogP contribution is 2.18. The predicted octanol–water partition coefficient (Wildman–Crippen LogP) is 6.81. The molecule has 1 unspecified atom stereocenters. The summed E-state index contributed by atoms with van der Waals surface area (Å²) in [7, 11) is 0. The maximum atomic E-state index is 5.23. The minimum absolute atomic E-state index is 0.641. The first-order valence-corrected chi connectivity index (χ1v) is 9.70. The second kappa shape index (κ2) is 14.6. The second-order valence-corrected chi connectivity index (χ2v) is 6.68. The van der Waals surface area contributed by atoms with Crippen molar-refractivity contribution in [1.29, 1.82) is 0 Å². The van der Waals surface area contributed by atoms with Crippen LogP contribution in [-0.4, -0.2) is 12.7 Å². The maximum Gasteiger partial charge on any atom is 0.0810 e. The van der Waals surface area contributed by atoms with Gasteiger partial charge in [0.2, 0.25) is 0 Å². The third-order valence-electron chi connectivity index (χ3n) is 4.44. The van der Waals surface area contributed by atoms with Gasteiger partial charge in [0.05, 0.1) is 12.7 Å². The average molecular weight is 295 g/mol. The molecule has 0 saturated carbocycles. The molecule has 1 nitrogen and oxygen atoms in total. The molecule has 1 heterocycles. The van der Waals surface area contributed by atoms with E-state index in [1.807, 2.05) is 0 Å². The fourth-order valence-corrected chi connectivity index (χ4v) is 2.85. The smallest absolute Gasteiger partial charge is 0.0810 e. The second-order valence-electron chi connectivity index (χ2n) is 6.68. The van der Waals surface area contributed by atoms with Crippen molar-refractivity contribution in [1.82, 2.24) is 0 Å². The van der Waals surface area contributed by atoms with E-state index in [1.165, 1.54) is 96.3 Å². The van der Waals surface area contributed by atoms with Crippen LogP contribution in [0.1, 0.15) is 103 Å². The third kappa shape index (κ3) is 14.4. The molecule has 1 saturated heterocycles. The highest BCUT2D eigenvalue weighted by Gasteiger charge is 2.20. The molecule has 124 valence electrons. The summed E-state index contributed by atoms with van der Waals surface area (Å²) in [5, 5.41) is 0. The quantitative estimate of drug-likeness (QED) is 0.173. The van der Waals surface area contributed by atoms with Crippen LogP contribution in [0.4, 0.5) is 0 Å². The number of allylic oxidation sites excluding steroid dienone is 2. The van der Waals surface area contributed by atoms with Crippen molar-refractivity contribution >= 4 is 0 Å². The summed E-state index contributed by atoms with van der Waals surface area (Å²) in [5.74, 6) is 0. The summed E-state index contributed by atoms with van der Waals surface area (Å²) < 4.78 is 5.23. The van der Waals surface area contributed by atoms with E-state index in [0.717, 1.165) is 6.61 Å².